The second kappa shape index (κ2) is 6.37. The second-order valence-electron chi connectivity index (χ2n) is 5.11. The first-order chi connectivity index (χ1) is 9.49. The van der Waals surface area contributed by atoms with Crippen molar-refractivity contribution in [1.82, 2.24) is 10.6 Å². The molecule has 5 nitrogen and oxygen atoms in total. The highest BCUT2D eigenvalue weighted by molar-refractivity contribution is 7.84. The monoisotopic (exact) mass is 296 g/mol. The van der Waals surface area contributed by atoms with Crippen LogP contribution in [0, 0.1) is 0 Å². The average molecular weight is 296 g/mol. The Labute approximate surface area is 121 Å². The molecule has 4 atom stereocenters. The van der Waals surface area contributed by atoms with Crippen LogP contribution in [-0.4, -0.2) is 39.5 Å². The Morgan fingerprint density at radius 3 is 2.90 bits per heavy atom. The lowest BCUT2D eigenvalue weighted by Gasteiger charge is -2.19. The van der Waals surface area contributed by atoms with Crippen LogP contribution in [0.25, 0.3) is 0 Å². The molecule has 0 spiro atoms. The van der Waals surface area contributed by atoms with Crippen LogP contribution in [0.5, 0.6) is 0 Å². The van der Waals surface area contributed by atoms with Gasteiger partial charge in [-0.1, -0.05) is 24.3 Å². The molecule has 0 saturated carbocycles. The van der Waals surface area contributed by atoms with Crippen molar-refractivity contribution >= 4 is 16.8 Å². The summed E-state index contributed by atoms with van der Waals surface area (Å²) in [5.41, 5.74) is 2.02. The van der Waals surface area contributed by atoms with Crippen LogP contribution in [0.4, 0.5) is 4.79 Å². The van der Waals surface area contributed by atoms with Crippen LogP contribution in [0.15, 0.2) is 24.3 Å². The highest BCUT2D eigenvalue weighted by Crippen LogP contribution is 2.30. The predicted molar refractivity (Wildman–Crippen MR) is 79.0 cm³/mol. The Bertz CT molecular complexity index is 521. The number of aliphatic hydroxyl groups is 1. The maximum Gasteiger partial charge on any atom is 0.315 e. The van der Waals surface area contributed by atoms with Crippen LogP contribution in [0.3, 0.4) is 0 Å². The molecule has 0 heterocycles. The van der Waals surface area contributed by atoms with Crippen LogP contribution in [-0.2, 0) is 17.2 Å². The van der Waals surface area contributed by atoms with Crippen molar-refractivity contribution in [3.8, 4) is 0 Å². The Hall–Kier alpha value is -1.40. The van der Waals surface area contributed by atoms with Gasteiger partial charge >= 0.3 is 6.03 Å². The topological polar surface area (TPSA) is 78.4 Å². The minimum Gasteiger partial charge on any atom is -0.390 e. The molecule has 2 amide bonds. The van der Waals surface area contributed by atoms with E-state index in [9.17, 15) is 14.1 Å². The molecule has 1 aliphatic carbocycles. The van der Waals surface area contributed by atoms with Gasteiger partial charge < -0.3 is 15.7 Å². The van der Waals surface area contributed by atoms with Crippen molar-refractivity contribution in [2.75, 3.05) is 12.8 Å². The van der Waals surface area contributed by atoms with Crippen LogP contribution in [0.1, 0.15) is 24.1 Å². The third-order valence-corrected chi connectivity index (χ3v) is 4.91. The third kappa shape index (κ3) is 3.37. The molecule has 20 heavy (non-hydrogen) atoms. The normalized spacial score (nSPS) is 23.8. The lowest BCUT2D eigenvalue weighted by molar-refractivity contribution is 0.142. The van der Waals surface area contributed by atoms with Gasteiger partial charge in [-0.05, 0) is 18.1 Å². The van der Waals surface area contributed by atoms with Crippen LogP contribution >= 0.6 is 0 Å². The molecule has 0 saturated heterocycles. The highest BCUT2D eigenvalue weighted by Gasteiger charge is 2.31. The second-order valence-corrected chi connectivity index (χ2v) is 6.91. The third-order valence-electron chi connectivity index (χ3n) is 3.61. The van der Waals surface area contributed by atoms with Gasteiger partial charge in [0.2, 0.25) is 0 Å². The summed E-state index contributed by atoms with van der Waals surface area (Å²) in [5, 5.41) is 15.4. The van der Waals surface area contributed by atoms with E-state index in [0.717, 1.165) is 11.1 Å². The molecule has 0 bridgehead atoms. The highest BCUT2D eigenvalue weighted by atomic mass is 32.2. The number of amides is 2. The van der Waals surface area contributed by atoms with Crippen molar-refractivity contribution in [3.63, 3.8) is 0 Å². The SMILES string of the molecule is CC(CNC(=O)NC1c2ccccc2CC1O)S(C)=O. The summed E-state index contributed by atoms with van der Waals surface area (Å²) in [6, 6.07) is 6.97. The van der Waals surface area contributed by atoms with Crippen molar-refractivity contribution in [3.05, 3.63) is 35.4 Å². The minimum absolute atomic E-state index is 0.0958. The first-order valence-electron chi connectivity index (χ1n) is 6.61. The molecule has 6 heteroatoms. The molecule has 0 aromatic heterocycles. The molecule has 110 valence electrons. The number of nitrogens with one attached hydrogen (secondary N) is 2. The fourth-order valence-corrected chi connectivity index (χ4v) is 2.61. The molecule has 0 aliphatic heterocycles. The molecule has 1 aromatic carbocycles. The number of benzene rings is 1. The summed E-state index contributed by atoms with van der Waals surface area (Å²) in [5.74, 6) is 0. The molecule has 4 unspecified atom stereocenters. The Morgan fingerprint density at radius 1 is 1.50 bits per heavy atom. The fraction of sp³-hybridized carbons (Fsp3) is 0.500. The summed E-state index contributed by atoms with van der Waals surface area (Å²) >= 11 is 0. The Balaban J connectivity index is 1.93. The standard InChI is InChI=1S/C14H20N2O3S/c1-9(20(2)19)8-15-14(18)16-13-11-6-4-3-5-10(11)7-12(13)17/h3-6,9,12-13,17H,7-8H2,1-2H3,(H2,15,16,18). The molecule has 1 aromatic rings. The average Bonchev–Trinajstić information content (AvgIpc) is 2.72. The summed E-state index contributed by atoms with van der Waals surface area (Å²) in [6.07, 6.45) is 1.56. The van der Waals surface area contributed by atoms with E-state index >= 15 is 0 Å². The van der Waals surface area contributed by atoms with Gasteiger partial charge in [0.25, 0.3) is 0 Å². The van der Waals surface area contributed by atoms with E-state index in [1.165, 1.54) is 0 Å². The van der Waals surface area contributed by atoms with Gasteiger partial charge in [-0.2, -0.15) is 0 Å². The van der Waals surface area contributed by atoms with E-state index in [-0.39, 0.29) is 17.3 Å². The number of rotatable bonds is 4. The van der Waals surface area contributed by atoms with Gasteiger partial charge in [0, 0.05) is 35.3 Å². The maximum absolute atomic E-state index is 11.8. The largest absolute Gasteiger partial charge is 0.390 e. The molecule has 2 rings (SSSR count). The predicted octanol–water partition coefficient (Wildman–Crippen LogP) is 0.711. The quantitative estimate of drug-likeness (QED) is 0.766. The van der Waals surface area contributed by atoms with Gasteiger partial charge in [0.15, 0.2) is 0 Å². The number of urea groups is 1. The number of carbonyl (C=O) groups is 1. The van der Waals surface area contributed by atoms with Gasteiger partial charge in [0.1, 0.15) is 0 Å². The first kappa shape index (κ1) is 15.0. The number of carbonyl (C=O) groups excluding carboxylic acids is 1. The van der Waals surface area contributed by atoms with E-state index in [1.807, 2.05) is 31.2 Å². The van der Waals surface area contributed by atoms with E-state index in [2.05, 4.69) is 10.6 Å². The van der Waals surface area contributed by atoms with Crippen molar-refractivity contribution < 1.29 is 14.1 Å². The Kier molecular flexibility index (Phi) is 4.77. The minimum atomic E-state index is -0.966. The van der Waals surface area contributed by atoms with Crippen LogP contribution < -0.4 is 10.6 Å². The van der Waals surface area contributed by atoms with Gasteiger partial charge in [-0.25, -0.2) is 4.79 Å². The zero-order valence-corrected chi connectivity index (χ0v) is 12.4. The van der Waals surface area contributed by atoms with E-state index in [1.54, 1.807) is 6.26 Å². The molecular weight excluding hydrogens is 276 g/mol. The van der Waals surface area contributed by atoms with Crippen LogP contribution in [0.2, 0.25) is 0 Å². The summed E-state index contributed by atoms with van der Waals surface area (Å²) in [7, 11) is -0.966. The van der Waals surface area contributed by atoms with Gasteiger partial charge in [0.05, 0.1) is 12.1 Å². The zero-order valence-electron chi connectivity index (χ0n) is 11.6. The van der Waals surface area contributed by atoms with Gasteiger partial charge in [-0.3, -0.25) is 4.21 Å². The molecule has 0 radical (unpaired) electrons. The smallest absolute Gasteiger partial charge is 0.315 e. The number of aliphatic hydroxyl groups excluding tert-OH is 1. The van der Waals surface area contributed by atoms with Crippen molar-refractivity contribution in [2.45, 2.75) is 30.7 Å². The number of hydrogen-bond donors (Lipinski definition) is 3. The van der Waals surface area contributed by atoms with E-state index < -0.39 is 16.9 Å². The summed E-state index contributed by atoms with van der Waals surface area (Å²) < 4.78 is 11.2. The molecular formula is C14H20N2O3S. The Morgan fingerprint density at radius 2 is 2.20 bits per heavy atom. The summed E-state index contributed by atoms with van der Waals surface area (Å²) in [4.78, 5) is 11.8. The van der Waals surface area contributed by atoms with Crippen molar-refractivity contribution in [1.29, 1.82) is 0 Å². The molecule has 0 fully saturated rings. The zero-order chi connectivity index (χ0) is 14.7. The lowest BCUT2D eigenvalue weighted by atomic mass is 10.1. The fourth-order valence-electron chi connectivity index (χ4n) is 2.29. The van der Waals surface area contributed by atoms with Gasteiger partial charge in [-0.15, -0.1) is 0 Å². The maximum atomic E-state index is 11.8. The number of hydrogen-bond acceptors (Lipinski definition) is 3. The first-order valence-corrected chi connectivity index (χ1v) is 8.23. The molecule has 1 aliphatic rings. The summed E-state index contributed by atoms with van der Waals surface area (Å²) in [6.45, 7) is 2.16. The van der Waals surface area contributed by atoms with Crippen molar-refractivity contribution in [2.24, 2.45) is 0 Å². The molecule has 3 N–H and O–H groups in total. The van der Waals surface area contributed by atoms with E-state index in [0.29, 0.717) is 13.0 Å². The number of fused-ring (bicyclic) bond motifs is 1. The van der Waals surface area contributed by atoms with E-state index in [4.69, 9.17) is 0 Å². The lowest BCUT2D eigenvalue weighted by Crippen LogP contribution is -2.43.